The van der Waals surface area contributed by atoms with Gasteiger partial charge in [0.1, 0.15) is 0 Å². The van der Waals surface area contributed by atoms with Gasteiger partial charge in [-0.3, -0.25) is 0 Å². The highest BCUT2D eigenvalue weighted by molar-refractivity contribution is 7.99. The van der Waals surface area contributed by atoms with Gasteiger partial charge in [-0.1, -0.05) is 0 Å². The zero-order chi connectivity index (χ0) is 8.69. The smallest absolute Gasteiger partial charge is 0.309 e. The van der Waals surface area contributed by atoms with Gasteiger partial charge >= 0.3 is 6.09 Å². The summed E-state index contributed by atoms with van der Waals surface area (Å²) >= 11 is 1.54. The Morgan fingerprint density at radius 2 is 2.18 bits per heavy atom. The number of nitrogens with one attached hydrogen (secondary N) is 1. The van der Waals surface area contributed by atoms with Gasteiger partial charge in [0.15, 0.2) is 0 Å². The number of carbonyl (C=O) groups excluding carboxylic acids is 1. The van der Waals surface area contributed by atoms with Crippen LogP contribution in [-0.2, 0) is 5.11 Å². The highest BCUT2D eigenvalue weighted by Crippen LogP contribution is 1.95. The molecule has 0 aliphatic carbocycles. The number of amides is 1. The van der Waals surface area contributed by atoms with E-state index in [2.05, 4.69) is 5.32 Å². The summed E-state index contributed by atoms with van der Waals surface area (Å²) in [5.74, 6) is 1.34. The SMILES string of the molecule is CN(C)CCSCNC([O])=O. The minimum absolute atomic E-state index is 0.413. The quantitative estimate of drug-likeness (QED) is 0.488. The first-order chi connectivity index (χ1) is 5.13. The van der Waals surface area contributed by atoms with Gasteiger partial charge < -0.3 is 10.2 Å². The predicted octanol–water partition coefficient (Wildman–Crippen LogP) is 0.379. The molecule has 0 spiro atoms. The summed E-state index contributed by atoms with van der Waals surface area (Å²) in [4.78, 5) is 11.9. The standard InChI is InChI=1S/C6H13N2O2S/c1-8(2)3-4-11-5-7-6(9)10/h7H,3-5H2,1-2H3. The first-order valence-corrected chi connectivity index (χ1v) is 4.45. The van der Waals surface area contributed by atoms with E-state index in [0.29, 0.717) is 5.88 Å². The maximum absolute atomic E-state index is 9.85. The van der Waals surface area contributed by atoms with Gasteiger partial charge in [0, 0.05) is 12.3 Å². The van der Waals surface area contributed by atoms with Crippen LogP contribution in [0.5, 0.6) is 0 Å². The fourth-order valence-corrected chi connectivity index (χ4v) is 1.29. The minimum Gasteiger partial charge on any atom is -0.309 e. The zero-order valence-electron chi connectivity index (χ0n) is 6.79. The summed E-state index contributed by atoms with van der Waals surface area (Å²) < 4.78 is 0. The van der Waals surface area contributed by atoms with Crippen LogP contribution in [0.15, 0.2) is 0 Å². The van der Waals surface area contributed by atoms with Crippen molar-refractivity contribution in [2.75, 3.05) is 32.3 Å². The first kappa shape index (κ1) is 10.6. The lowest BCUT2D eigenvalue weighted by molar-refractivity contribution is 0.170. The van der Waals surface area contributed by atoms with Gasteiger partial charge in [-0.25, -0.2) is 9.90 Å². The van der Waals surface area contributed by atoms with Gasteiger partial charge in [-0.2, -0.15) is 0 Å². The number of rotatable bonds is 5. The molecule has 4 nitrogen and oxygen atoms in total. The molecule has 0 rings (SSSR count). The molecule has 0 unspecified atom stereocenters. The molecule has 65 valence electrons. The van der Waals surface area contributed by atoms with Crippen LogP contribution in [0, 0.1) is 0 Å². The number of hydrogen-bond donors (Lipinski definition) is 1. The average Bonchev–Trinajstić information content (AvgIpc) is 1.85. The Kier molecular flexibility index (Phi) is 6.06. The van der Waals surface area contributed by atoms with Gasteiger partial charge in [0.05, 0.1) is 5.88 Å². The summed E-state index contributed by atoms with van der Waals surface area (Å²) in [6, 6.07) is 0. The molecule has 0 aliphatic rings. The molecule has 0 bridgehead atoms. The number of nitrogens with zero attached hydrogens (tertiary/aromatic N) is 1. The van der Waals surface area contributed by atoms with Crippen molar-refractivity contribution in [1.82, 2.24) is 10.2 Å². The van der Waals surface area contributed by atoms with Crippen molar-refractivity contribution in [3.8, 4) is 0 Å². The van der Waals surface area contributed by atoms with Crippen LogP contribution in [0.4, 0.5) is 4.79 Å². The van der Waals surface area contributed by atoms with Crippen LogP contribution in [0.1, 0.15) is 0 Å². The Labute approximate surface area is 71.0 Å². The molecule has 5 heteroatoms. The Balaban J connectivity index is 2.97. The normalized spacial score (nSPS) is 10.1. The molecule has 11 heavy (non-hydrogen) atoms. The summed E-state index contributed by atoms with van der Waals surface area (Å²) in [5, 5.41) is 12.0. The third-order valence-electron chi connectivity index (χ3n) is 1.00. The molecule has 1 amide bonds. The van der Waals surface area contributed by atoms with Gasteiger partial charge in [-0.05, 0) is 14.1 Å². The van der Waals surface area contributed by atoms with Gasteiger partial charge in [0.2, 0.25) is 0 Å². The minimum atomic E-state index is -1.21. The Hall–Kier alpha value is -0.420. The van der Waals surface area contributed by atoms with E-state index in [-0.39, 0.29) is 0 Å². The lowest BCUT2D eigenvalue weighted by Crippen LogP contribution is -2.21. The molecule has 0 aromatic carbocycles. The molecule has 0 aliphatic heterocycles. The third kappa shape index (κ3) is 9.58. The largest absolute Gasteiger partial charge is 0.451 e. The second kappa shape index (κ2) is 6.30. The Morgan fingerprint density at radius 3 is 2.64 bits per heavy atom. The van der Waals surface area contributed by atoms with Crippen LogP contribution in [-0.4, -0.2) is 43.3 Å². The van der Waals surface area contributed by atoms with Gasteiger partial charge in [0.25, 0.3) is 0 Å². The molecule has 0 heterocycles. The maximum atomic E-state index is 9.85. The van der Waals surface area contributed by atoms with E-state index in [4.69, 9.17) is 0 Å². The zero-order valence-corrected chi connectivity index (χ0v) is 7.61. The van der Waals surface area contributed by atoms with E-state index >= 15 is 0 Å². The van der Waals surface area contributed by atoms with Crippen LogP contribution < -0.4 is 5.32 Å². The van der Waals surface area contributed by atoms with Crippen LogP contribution in [0.25, 0.3) is 0 Å². The summed E-state index contributed by atoms with van der Waals surface area (Å²) in [6.07, 6.45) is -1.21. The third-order valence-corrected chi connectivity index (χ3v) is 1.82. The Bertz CT molecular complexity index is 119. The molecule has 1 radical (unpaired) electrons. The van der Waals surface area contributed by atoms with E-state index < -0.39 is 6.09 Å². The maximum Gasteiger partial charge on any atom is 0.451 e. The van der Waals surface area contributed by atoms with Gasteiger partial charge in [-0.15, -0.1) is 11.8 Å². The van der Waals surface area contributed by atoms with Crippen molar-refractivity contribution in [2.24, 2.45) is 0 Å². The highest BCUT2D eigenvalue weighted by Gasteiger charge is 1.95. The molecule has 0 aromatic heterocycles. The lowest BCUT2D eigenvalue weighted by Gasteiger charge is -2.07. The summed E-state index contributed by atoms with van der Waals surface area (Å²) in [5.41, 5.74) is 0. The first-order valence-electron chi connectivity index (χ1n) is 3.30. The molecular formula is C6H13N2O2S. The lowest BCUT2D eigenvalue weighted by atomic mass is 10.7. The molecule has 0 fully saturated rings. The van der Waals surface area contributed by atoms with E-state index in [0.717, 1.165) is 12.3 Å². The average molecular weight is 177 g/mol. The van der Waals surface area contributed by atoms with Crippen molar-refractivity contribution in [1.29, 1.82) is 0 Å². The van der Waals surface area contributed by atoms with Crippen molar-refractivity contribution in [3.05, 3.63) is 0 Å². The molecule has 0 saturated carbocycles. The molecular weight excluding hydrogens is 164 g/mol. The summed E-state index contributed by atoms with van der Waals surface area (Å²) in [7, 11) is 3.96. The van der Waals surface area contributed by atoms with E-state index in [9.17, 15) is 9.90 Å². The number of carbonyl (C=O) groups is 1. The number of hydrogen-bond acceptors (Lipinski definition) is 3. The van der Waals surface area contributed by atoms with E-state index in [1.165, 1.54) is 11.8 Å². The van der Waals surface area contributed by atoms with Crippen molar-refractivity contribution in [3.63, 3.8) is 0 Å². The fraction of sp³-hybridized carbons (Fsp3) is 0.833. The molecule has 1 N–H and O–H groups in total. The second-order valence-electron chi connectivity index (χ2n) is 2.32. The van der Waals surface area contributed by atoms with Crippen LogP contribution >= 0.6 is 11.8 Å². The van der Waals surface area contributed by atoms with Crippen molar-refractivity contribution in [2.45, 2.75) is 0 Å². The summed E-state index contributed by atoms with van der Waals surface area (Å²) in [6.45, 7) is 0.958. The monoisotopic (exact) mass is 177 g/mol. The molecule has 0 saturated heterocycles. The number of thioether (sulfide) groups is 1. The highest BCUT2D eigenvalue weighted by atomic mass is 32.2. The topological polar surface area (TPSA) is 52.2 Å². The molecule has 0 aromatic rings. The van der Waals surface area contributed by atoms with Crippen LogP contribution in [0.3, 0.4) is 0 Å². The van der Waals surface area contributed by atoms with E-state index in [1.807, 2.05) is 19.0 Å². The van der Waals surface area contributed by atoms with Crippen LogP contribution in [0.2, 0.25) is 0 Å². The molecule has 0 atom stereocenters. The van der Waals surface area contributed by atoms with E-state index in [1.54, 1.807) is 0 Å². The predicted molar refractivity (Wildman–Crippen MR) is 45.1 cm³/mol. The Morgan fingerprint density at radius 1 is 1.55 bits per heavy atom. The van der Waals surface area contributed by atoms with Crippen molar-refractivity contribution >= 4 is 17.9 Å². The second-order valence-corrected chi connectivity index (χ2v) is 3.43. The van der Waals surface area contributed by atoms with Crippen molar-refractivity contribution < 1.29 is 9.90 Å². The fourth-order valence-electron chi connectivity index (χ4n) is 0.429.